The number of carbonyl (C=O) groups excluding carboxylic acids is 1. The van der Waals surface area contributed by atoms with Gasteiger partial charge in [0.1, 0.15) is 0 Å². The lowest BCUT2D eigenvalue weighted by atomic mass is 10.1. The molecule has 3 aromatic carbocycles. The second kappa shape index (κ2) is 9.41. The van der Waals surface area contributed by atoms with Gasteiger partial charge >= 0.3 is 6.18 Å². The second-order valence-electron chi connectivity index (χ2n) is 6.42. The number of nitrogens with zero attached hydrogens (tertiary/aromatic N) is 1. The van der Waals surface area contributed by atoms with Crippen LogP contribution in [-0.2, 0) is 16.2 Å². The highest BCUT2D eigenvalue weighted by molar-refractivity contribution is 7.92. The monoisotopic (exact) mass is 481 g/mol. The Balaban J connectivity index is 1.66. The van der Waals surface area contributed by atoms with Gasteiger partial charge in [0.2, 0.25) is 0 Å². The van der Waals surface area contributed by atoms with Crippen molar-refractivity contribution >= 4 is 39.4 Å². The Hall–Kier alpha value is -3.37. The number of amides is 1. The van der Waals surface area contributed by atoms with Crippen molar-refractivity contribution < 1.29 is 26.4 Å². The Kier molecular flexibility index (Phi) is 6.85. The number of rotatable bonds is 6. The van der Waals surface area contributed by atoms with E-state index in [4.69, 9.17) is 11.6 Å². The third-order valence-electron chi connectivity index (χ3n) is 4.16. The summed E-state index contributed by atoms with van der Waals surface area (Å²) in [6.45, 7) is 0. The summed E-state index contributed by atoms with van der Waals surface area (Å²) in [4.78, 5) is 12.2. The van der Waals surface area contributed by atoms with E-state index in [1.165, 1.54) is 66.7 Å². The van der Waals surface area contributed by atoms with Crippen molar-refractivity contribution in [1.82, 2.24) is 5.43 Å². The summed E-state index contributed by atoms with van der Waals surface area (Å²) in [5, 5.41) is 3.97. The average molecular weight is 482 g/mol. The molecule has 0 aromatic heterocycles. The topological polar surface area (TPSA) is 87.6 Å². The van der Waals surface area contributed by atoms with E-state index in [9.17, 15) is 26.4 Å². The van der Waals surface area contributed by atoms with Gasteiger partial charge < -0.3 is 0 Å². The molecule has 11 heteroatoms. The molecule has 0 aliphatic carbocycles. The number of hydrazone groups is 1. The first-order chi connectivity index (χ1) is 15.1. The Morgan fingerprint density at radius 3 is 2.19 bits per heavy atom. The normalized spacial score (nSPS) is 12.0. The zero-order valence-corrected chi connectivity index (χ0v) is 17.7. The van der Waals surface area contributed by atoms with Gasteiger partial charge in [-0.05, 0) is 54.6 Å². The van der Waals surface area contributed by atoms with Crippen LogP contribution in [0.2, 0.25) is 5.02 Å². The SMILES string of the molecule is O=C(NN=Cc1ccccc1C(F)(F)F)c1ccc(NS(=O)(=O)c2ccc(Cl)cc2)cc1. The first kappa shape index (κ1) is 23.3. The second-order valence-corrected chi connectivity index (χ2v) is 8.54. The van der Waals surface area contributed by atoms with E-state index in [1.807, 2.05) is 0 Å². The maximum Gasteiger partial charge on any atom is 0.417 e. The third-order valence-corrected chi connectivity index (χ3v) is 5.81. The highest BCUT2D eigenvalue weighted by Gasteiger charge is 2.32. The molecule has 0 aliphatic heterocycles. The fourth-order valence-electron chi connectivity index (χ4n) is 2.61. The van der Waals surface area contributed by atoms with Crippen molar-refractivity contribution in [2.24, 2.45) is 5.10 Å². The van der Waals surface area contributed by atoms with Crippen LogP contribution in [0.1, 0.15) is 21.5 Å². The summed E-state index contributed by atoms with van der Waals surface area (Å²) >= 11 is 5.75. The van der Waals surface area contributed by atoms with Crippen LogP contribution in [0.3, 0.4) is 0 Å². The van der Waals surface area contributed by atoms with Crippen LogP contribution in [0, 0.1) is 0 Å². The molecule has 0 aliphatic rings. The molecule has 3 aromatic rings. The molecule has 0 radical (unpaired) electrons. The first-order valence-electron chi connectivity index (χ1n) is 8.94. The van der Waals surface area contributed by atoms with E-state index >= 15 is 0 Å². The lowest BCUT2D eigenvalue weighted by molar-refractivity contribution is -0.137. The molecule has 32 heavy (non-hydrogen) atoms. The van der Waals surface area contributed by atoms with Crippen LogP contribution in [0.5, 0.6) is 0 Å². The van der Waals surface area contributed by atoms with Crippen molar-refractivity contribution in [3.05, 3.63) is 94.5 Å². The van der Waals surface area contributed by atoms with Crippen molar-refractivity contribution in [1.29, 1.82) is 0 Å². The van der Waals surface area contributed by atoms with Crippen molar-refractivity contribution in [3.63, 3.8) is 0 Å². The molecule has 0 bridgehead atoms. The van der Waals surface area contributed by atoms with Gasteiger partial charge in [0.25, 0.3) is 15.9 Å². The highest BCUT2D eigenvalue weighted by Crippen LogP contribution is 2.31. The molecule has 3 rings (SSSR count). The van der Waals surface area contributed by atoms with Gasteiger partial charge in [-0.3, -0.25) is 9.52 Å². The minimum absolute atomic E-state index is 0.0113. The average Bonchev–Trinajstić information content (AvgIpc) is 2.74. The van der Waals surface area contributed by atoms with Gasteiger partial charge in [0.05, 0.1) is 16.7 Å². The number of anilines is 1. The molecule has 0 atom stereocenters. The maximum atomic E-state index is 13.0. The standard InChI is InChI=1S/C21H15ClF3N3O3S/c22-16-7-11-18(12-8-16)32(30,31)28-17-9-5-14(6-10-17)20(29)27-26-13-15-3-1-2-4-19(15)21(23,24)25/h1-13,28H,(H,27,29). The lowest BCUT2D eigenvalue weighted by Crippen LogP contribution is -2.18. The summed E-state index contributed by atoms with van der Waals surface area (Å²) in [5.41, 5.74) is 1.39. The van der Waals surface area contributed by atoms with E-state index in [0.717, 1.165) is 12.3 Å². The molecule has 0 saturated carbocycles. The third kappa shape index (κ3) is 5.86. The Morgan fingerprint density at radius 2 is 1.56 bits per heavy atom. The Labute approximate surface area is 186 Å². The number of hydrogen-bond donors (Lipinski definition) is 2. The van der Waals surface area contributed by atoms with Crippen LogP contribution in [0.25, 0.3) is 0 Å². The van der Waals surface area contributed by atoms with Crippen LogP contribution in [0.15, 0.2) is 82.8 Å². The van der Waals surface area contributed by atoms with Crippen molar-refractivity contribution in [2.75, 3.05) is 4.72 Å². The molecule has 0 spiro atoms. The van der Waals surface area contributed by atoms with Gasteiger partial charge in [0, 0.05) is 21.8 Å². The van der Waals surface area contributed by atoms with Crippen LogP contribution in [-0.4, -0.2) is 20.5 Å². The van der Waals surface area contributed by atoms with Crippen LogP contribution >= 0.6 is 11.6 Å². The molecule has 0 saturated heterocycles. The number of benzene rings is 3. The molecular formula is C21H15ClF3N3O3S. The van der Waals surface area contributed by atoms with Crippen molar-refractivity contribution in [2.45, 2.75) is 11.1 Å². The molecule has 0 fully saturated rings. The van der Waals surface area contributed by atoms with Crippen LogP contribution < -0.4 is 10.1 Å². The summed E-state index contributed by atoms with van der Waals surface area (Å²) < 4.78 is 66.0. The van der Waals surface area contributed by atoms with Crippen molar-refractivity contribution in [3.8, 4) is 0 Å². The van der Waals surface area contributed by atoms with E-state index in [0.29, 0.717) is 5.02 Å². The maximum absolute atomic E-state index is 13.0. The largest absolute Gasteiger partial charge is 0.417 e. The van der Waals surface area contributed by atoms with Gasteiger partial charge in [0.15, 0.2) is 0 Å². The number of nitrogens with one attached hydrogen (secondary N) is 2. The minimum atomic E-state index is -4.55. The number of alkyl halides is 3. The summed E-state index contributed by atoms with van der Waals surface area (Å²) in [5.74, 6) is -0.683. The lowest BCUT2D eigenvalue weighted by Gasteiger charge is -2.09. The minimum Gasteiger partial charge on any atom is -0.280 e. The molecule has 6 nitrogen and oxygen atoms in total. The predicted molar refractivity (Wildman–Crippen MR) is 115 cm³/mol. The van der Waals surface area contributed by atoms with E-state index < -0.39 is 27.7 Å². The summed E-state index contributed by atoms with van der Waals surface area (Å²) in [6, 6.07) is 15.8. The first-order valence-corrected chi connectivity index (χ1v) is 10.8. The van der Waals surface area contributed by atoms with E-state index in [2.05, 4.69) is 15.2 Å². The molecule has 166 valence electrons. The molecular weight excluding hydrogens is 467 g/mol. The van der Waals surface area contributed by atoms with Gasteiger partial charge in [-0.1, -0.05) is 29.8 Å². The zero-order chi connectivity index (χ0) is 23.4. The zero-order valence-electron chi connectivity index (χ0n) is 16.1. The fourth-order valence-corrected chi connectivity index (χ4v) is 3.79. The number of carbonyl (C=O) groups is 1. The van der Waals surface area contributed by atoms with Crippen LogP contribution in [0.4, 0.5) is 18.9 Å². The molecule has 1 amide bonds. The predicted octanol–water partition coefficient (Wildman–Crippen LogP) is 4.92. The van der Waals surface area contributed by atoms with E-state index in [-0.39, 0.29) is 21.7 Å². The van der Waals surface area contributed by atoms with E-state index in [1.54, 1.807) is 0 Å². The molecule has 0 unspecified atom stereocenters. The van der Waals surface area contributed by atoms with Gasteiger partial charge in [-0.2, -0.15) is 18.3 Å². The Bertz CT molecular complexity index is 1240. The summed E-state index contributed by atoms with van der Waals surface area (Å²) in [7, 11) is -3.85. The fraction of sp³-hybridized carbons (Fsp3) is 0.0476. The smallest absolute Gasteiger partial charge is 0.280 e. The quantitative estimate of drug-likeness (QED) is 0.387. The Morgan fingerprint density at radius 1 is 0.938 bits per heavy atom. The number of sulfonamides is 1. The number of halogens is 4. The van der Waals surface area contributed by atoms with Gasteiger partial charge in [-0.15, -0.1) is 0 Å². The molecule has 2 N–H and O–H groups in total. The summed E-state index contributed by atoms with van der Waals surface area (Å²) in [6.07, 6.45) is -3.66. The highest BCUT2D eigenvalue weighted by atomic mass is 35.5. The number of hydrogen-bond acceptors (Lipinski definition) is 4. The van der Waals surface area contributed by atoms with Gasteiger partial charge in [-0.25, -0.2) is 13.8 Å². The molecule has 0 heterocycles.